The van der Waals surface area contributed by atoms with Crippen LogP contribution in [0.1, 0.15) is 52.4 Å². The van der Waals surface area contributed by atoms with Crippen molar-refractivity contribution in [3.63, 3.8) is 0 Å². The van der Waals surface area contributed by atoms with Crippen LogP contribution in [0.5, 0.6) is 0 Å². The van der Waals surface area contributed by atoms with Crippen LogP contribution in [0, 0.1) is 11.8 Å². The summed E-state index contributed by atoms with van der Waals surface area (Å²) in [5.74, 6) is 0.0655. The summed E-state index contributed by atoms with van der Waals surface area (Å²) in [7, 11) is 0. The van der Waals surface area contributed by atoms with Crippen molar-refractivity contribution in [2.45, 2.75) is 52.4 Å². The SMILES string of the molecule is CCC(CCNC(=O)CCC(C)CN)CCC(=O)O. The Kier molecular flexibility index (Phi) is 10.2. The first-order valence-electron chi connectivity index (χ1n) is 7.18. The van der Waals surface area contributed by atoms with E-state index in [1.54, 1.807) is 0 Å². The third-order valence-corrected chi connectivity index (χ3v) is 3.49. The maximum Gasteiger partial charge on any atom is 0.303 e. The first kappa shape index (κ1) is 17.9. The summed E-state index contributed by atoms with van der Waals surface area (Å²) in [5, 5.41) is 11.5. The number of nitrogens with two attached hydrogens (primary N) is 1. The molecule has 0 rings (SSSR count). The Labute approximate surface area is 115 Å². The van der Waals surface area contributed by atoms with Crippen molar-refractivity contribution in [2.24, 2.45) is 17.6 Å². The molecule has 0 saturated carbocycles. The molecule has 112 valence electrons. The zero-order valence-corrected chi connectivity index (χ0v) is 12.2. The van der Waals surface area contributed by atoms with Crippen molar-refractivity contribution in [1.29, 1.82) is 0 Å². The molecule has 0 radical (unpaired) electrons. The monoisotopic (exact) mass is 272 g/mol. The van der Waals surface area contributed by atoms with E-state index in [9.17, 15) is 9.59 Å². The zero-order chi connectivity index (χ0) is 14.7. The van der Waals surface area contributed by atoms with E-state index in [4.69, 9.17) is 10.8 Å². The number of carboxylic acid groups (broad SMARTS) is 1. The molecule has 1 amide bonds. The summed E-state index contributed by atoms with van der Waals surface area (Å²) >= 11 is 0. The maximum atomic E-state index is 11.6. The topological polar surface area (TPSA) is 92.4 Å². The molecule has 0 saturated heterocycles. The Morgan fingerprint density at radius 2 is 1.89 bits per heavy atom. The fraction of sp³-hybridized carbons (Fsp3) is 0.857. The predicted octanol–water partition coefficient (Wildman–Crippen LogP) is 1.76. The number of hydrogen-bond donors (Lipinski definition) is 3. The molecule has 0 aromatic heterocycles. The molecule has 0 bridgehead atoms. The van der Waals surface area contributed by atoms with Crippen LogP contribution in [0.2, 0.25) is 0 Å². The first-order valence-corrected chi connectivity index (χ1v) is 7.18. The van der Waals surface area contributed by atoms with Gasteiger partial charge in [0.05, 0.1) is 0 Å². The second-order valence-corrected chi connectivity index (χ2v) is 5.22. The minimum Gasteiger partial charge on any atom is -0.481 e. The standard InChI is InChI=1S/C14H28N2O3/c1-3-12(5-7-14(18)19)8-9-16-13(17)6-4-11(2)10-15/h11-12H,3-10,15H2,1-2H3,(H,16,17)(H,18,19). The van der Waals surface area contributed by atoms with Crippen LogP contribution in [0.3, 0.4) is 0 Å². The van der Waals surface area contributed by atoms with Crippen molar-refractivity contribution in [2.75, 3.05) is 13.1 Å². The molecule has 2 unspecified atom stereocenters. The highest BCUT2D eigenvalue weighted by Gasteiger charge is 2.10. The van der Waals surface area contributed by atoms with Crippen LogP contribution in [0.15, 0.2) is 0 Å². The van der Waals surface area contributed by atoms with Crippen molar-refractivity contribution in [1.82, 2.24) is 5.32 Å². The minimum absolute atomic E-state index is 0.0633. The third kappa shape index (κ3) is 10.5. The van der Waals surface area contributed by atoms with Crippen molar-refractivity contribution in [3.8, 4) is 0 Å². The summed E-state index contributed by atoms with van der Waals surface area (Å²) in [5.41, 5.74) is 5.49. The van der Waals surface area contributed by atoms with Gasteiger partial charge in [-0.15, -0.1) is 0 Å². The smallest absolute Gasteiger partial charge is 0.303 e. The Balaban J connectivity index is 3.68. The lowest BCUT2D eigenvalue weighted by Gasteiger charge is -2.14. The molecular weight excluding hydrogens is 244 g/mol. The third-order valence-electron chi connectivity index (χ3n) is 3.49. The highest BCUT2D eigenvalue weighted by atomic mass is 16.4. The lowest BCUT2D eigenvalue weighted by Crippen LogP contribution is -2.26. The number of carboxylic acids is 1. The minimum atomic E-state index is -0.752. The fourth-order valence-electron chi connectivity index (χ4n) is 1.88. The summed E-state index contributed by atoms with van der Waals surface area (Å²) in [6.45, 7) is 5.33. The number of amides is 1. The van der Waals surface area contributed by atoms with E-state index in [0.29, 0.717) is 37.8 Å². The molecule has 0 heterocycles. The number of carbonyl (C=O) groups excluding carboxylic acids is 1. The molecule has 5 nitrogen and oxygen atoms in total. The second kappa shape index (κ2) is 10.8. The molecule has 19 heavy (non-hydrogen) atoms. The van der Waals surface area contributed by atoms with E-state index < -0.39 is 5.97 Å². The number of carbonyl (C=O) groups is 2. The Bertz CT molecular complexity index is 269. The average molecular weight is 272 g/mol. The largest absolute Gasteiger partial charge is 0.481 e. The van der Waals surface area contributed by atoms with E-state index in [1.807, 2.05) is 6.92 Å². The average Bonchev–Trinajstić information content (AvgIpc) is 2.39. The van der Waals surface area contributed by atoms with Gasteiger partial charge in [0.25, 0.3) is 0 Å². The van der Waals surface area contributed by atoms with Crippen LogP contribution in [-0.4, -0.2) is 30.1 Å². The summed E-state index contributed by atoms with van der Waals surface area (Å²) in [6, 6.07) is 0. The van der Waals surface area contributed by atoms with Gasteiger partial charge in [-0.25, -0.2) is 0 Å². The lowest BCUT2D eigenvalue weighted by atomic mass is 9.96. The van der Waals surface area contributed by atoms with Gasteiger partial charge in [0.2, 0.25) is 5.91 Å². The molecule has 2 atom stereocenters. The van der Waals surface area contributed by atoms with E-state index in [2.05, 4.69) is 12.2 Å². The number of nitrogens with one attached hydrogen (secondary N) is 1. The van der Waals surface area contributed by atoms with Crippen LogP contribution >= 0.6 is 0 Å². The first-order chi connectivity index (χ1) is 8.99. The number of rotatable bonds is 11. The van der Waals surface area contributed by atoms with Gasteiger partial charge in [-0.2, -0.15) is 0 Å². The van der Waals surface area contributed by atoms with Gasteiger partial charge in [-0.05, 0) is 37.6 Å². The van der Waals surface area contributed by atoms with Crippen LogP contribution in [0.25, 0.3) is 0 Å². The van der Waals surface area contributed by atoms with E-state index in [0.717, 1.165) is 19.3 Å². The molecule has 0 aliphatic rings. The predicted molar refractivity (Wildman–Crippen MR) is 75.7 cm³/mol. The van der Waals surface area contributed by atoms with Gasteiger partial charge in [-0.3, -0.25) is 9.59 Å². The lowest BCUT2D eigenvalue weighted by molar-refractivity contribution is -0.137. The van der Waals surface area contributed by atoms with E-state index >= 15 is 0 Å². The normalized spacial score (nSPS) is 13.8. The van der Waals surface area contributed by atoms with Crippen LogP contribution < -0.4 is 11.1 Å². The van der Waals surface area contributed by atoms with Crippen molar-refractivity contribution in [3.05, 3.63) is 0 Å². The molecule has 0 aliphatic heterocycles. The van der Waals surface area contributed by atoms with Gasteiger partial charge in [0, 0.05) is 19.4 Å². The van der Waals surface area contributed by atoms with Crippen molar-refractivity contribution < 1.29 is 14.7 Å². The highest BCUT2D eigenvalue weighted by molar-refractivity contribution is 5.75. The maximum absolute atomic E-state index is 11.6. The Morgan fingerprint density at radius 1 is 1.21 bits per heavy atom. The van der Waals surface area contributed by atoms with E-state index in [1.165, 1.54) is 0 Å². The highest BCUT2D eigenvalue weighted by Crippen LogP contribution is 2.14. The second-order valence-electron chi connectivity index (χ2n) is 5.22. The molecule has 0 aromatic carbocycles. The fourth-order valence-corrected chi connectivity index (χ4v) is 1.88. The van der Waals surface area contributed by atoms with Crippen molar-refractivity contribution >= 4 is 11.9 Å². The quantitative estimate of drug-likeness (QED) is 0.534. The Morgan fingerprint density at radius 3 is 2.42 bits per heavy atom. The Hall–Kier alpha value is -1.10. The van der Waals surface area contributed by atoms with E-state index in [-0.39, 0.29) is 12.3 Å². The molecule has 0 fully saturated rings. The molecule has 0 aromatic rings. The summed E-state index contributed by atoms with van der Waals surface area (Å²) in [4.78, 5) is 22.1. The molecule has 5 heteroatoms. The van der Waals surface area contributed by atoms with Gasteiger partial charge in [0.15, 0.2) is 0 Å². The van der Waals surface area contributed by atoms with Gasteiger partial charge < -0.3 is 16.2 Å². The van der Waals surface area contributed by atoms with Gasteiger partial charge in [-0.1, -0.05) is 20.3 Å². The molecular formula is C14H28N2O3. The molecule has 0 spiro atoms. The van der Waals surface area contributed by atoms with Crippen LogP contribution in [0.4, 0.5) is 0 Å². The zero-order valence-electron chi connectivity index (χ0n) is 12.2. The molecule has 4 N–H and O–H groups in total. The number of aliphatic carboxylic acids is 1. The summed E-state index contributed by atoms with van der Waals surface area (Å²) in [6.07, 6.45) is 4.03. The van der Waals surface area contributed by atoms with Crippen LogP contribution in [-0.2, 0) is 9.59 Å². The van der Waals surface area contributed by atoms with Gasteiger partial charge >= 0.3 is 5.97 Å². The molecule has 0 aliphatic carbocycles. The number of hydrogen-bond acceptors (Lipinski definition) is 3. The van der Waals surface area contributed by atoms with Gasteiger partial charge in [0.1, 0.15) is 0 Å². The summed E-state index contributed by atoms with van der Waals surface area (Å²) < 4.78 is 0.